The average Bonchev–Trinajstić information content (AvgIpc) is 2.25. The maximum Gasteiger partial charge on any atom is 0.330 e. The Morgan fingerprint density at radius 1 is 1.36 bits per heavy atom. The zero-order chi connectivity index (χ0) is 10.2. The summed E-state index contributed by atoms with van der Waals surface area (Å²) >= 11 is 0. The smallest absolute Gasteiger partial charge is 0.330 e. The molecule has 0 aliphatic rings. The molecule has 0 unspecified atom stereocenters. The number of ether oxygens (including phenoxy) is 2. The van der Waals surface area contributed by atoms with Crippen LogP contribution in [-0.2, 0) is 9.53 Å². The highest BCUT2D eigenvalue weighted by Crippen LogP contribution is 2.07. The molecule has 3 nitrogen and oxygen atoms in total. The second kappa shape index (κ2) is 5.80. The van der Waals surface area contributed by atoms with Crippen LogP contribution in [0.3, 0.4) is 0 Å². The maximum atomic E-state index is 10.7. The third-order valence-electron chi connectivity index (χ3n) is 1.54. The Bertz CT molecular complexity index is 304. The zero-order valence-electron chi connectivity index (χ0n) is 7.97. The lowest BCUT2D eigenvalue weighted by Crippen LogP contribution is -1.97. The Morgan fingerprint density at radius 3 is 2.71 bits per heavy atom. The van der Waals surface area contributed by atoms with Crippen LogP contribution in [0.15, 0.2) is 42.5 Å². The predicted molar refractivity (Wildman–Crippen MR) is 53.1 cm³/mol. The van der Waals surface area contributed by atoms with Crippen LogP contribution in [-0.4, -0.2) is 19.7 Å². The highest BCUT2D eigenvalue weighted by Gasteiger charge is 1.90. The van der Waals surface area contributed by atoms with Crippen molar-refractivity contribution in [2.75, 3.05) is 13.7 Å². The molecule has 0 fully saturated rings. The van der Waals surface area contributed by atoms with Crippen molar-refractivity contribution in [2.45, 2.75) is 0 Å². The molecule has 0 aliphatic heterocycles. The van der Waals surface area contributed by atoms with Crippen molar-refractivity contribution in [1.29, 1.82) is 0 Å². The Kier molecular flexibility index (Phi) is 4.27. The number of benzene rings is 1. The summed E-state index contributed by atoms with van der Waals surface area (Å²) in [7, 11) is 1.34. The SMILES string of the molecule is COC(=O)C=CCOc1ccccc1. The molecule has 1 aromatic rings. The second-order valence-corrected chi connectivity index (χ2v) is 2.55. The Morgan fingerprint density at radius 2 is 2.07 bits per heavy atom. The molecule has 0 saturated heterocycles. The number of hydrogen-bond acceptors (Lipinski definition) is 3. The molecule has 74 valence electrons. The Labute approximate surface area is 83.0 Å². The van der Waals surface area contributed by atoms with E-state index in [-0.39, 0.29) is 5.97 Å². The van der Waals surface area contributed by atoms with Crippen molar-refractivity contribution >= 4 is 5.97 Å². The van der Waals surface area contributed by atoms with Crippen molar-refractivity contribution in [1.82, 2.24) is 0 Å². The molecular weight excluding hydrogens is 180 g/mol. The molecule has 0 aliphatic carbocycles. The lowest BCUT2D eigenvalue weighted by Gasteiger charge is -2.00. The van der Waals surface area contributed by atoms with Crippen molar-refractivity contribution in [3.63, 3.8) is 0 Å². The molecule has 14 heavy (non-hydrogen) atoms. The summed E-state index contributed by atoms with van der Waals surface area (Å²) in [6, 6.07) is 9.40. The zero-order valence-corrected chi connectivity index (χ0v) is 7.97. The van der Waals surface area contributed by atoms with Crippen molar-refractivity contribution in [3.8, 4) is 5.75 Å². The topological polar surface area (TPSA) is 35.5 Å². The molecular formula is C11H12O3. The molecule has 0 heterocycles. The van der Waals surface area contributed by atoms with E-state index in [0.29, 0.717) is 6.61 Å². The van der Waals surface area contributed by atoms with Gasteiger partial charge in [-0.25, -0.2) is 4.79 Å². The van der Waals surface area contributed by atoms with E-state index in [1.165, 1.54) is 13.2 Å². The second-order valence-electron chi connectivity index (χ2n) is 2.55. The van der Waals surface area contributed by atoms with Crippen molar-refractivity contribution in [2.24, 2.45) is 0 Å². The molecule has 0 spiro atoms. The molecule has 3 heteroatoms. The van der Waals surface area contributed by atoms with Gasteiger partial charge in [0.15, 0.2) is 0 Å². The number of carbonyl (C=O) groups is 1. The quantitative estimate of drug-likeness (QED) is 0.539. The first-order valence-corrected chi connectivity index (χ1v) is 4.25. The molecule has 1 aromatic carbocycles. The third-order valence-corrected chi connectivity index (χ3v) is 1.54. The van der Waals surface area contributed by atoms with Gasteiger partial charge < -0.3 is 9.47 Å². The summed E-state index contributed by atoms with van der Waals surface area (Å²) in [5, 5.41) is 0. The molecule has 0 radical (unpaired) electrons. The van der Waals surface area contributed by atoms with Crippen LogP contribution in [0.5, 0.6) is 5.75 Å². The summed E-state index contributed by atoms with van der Waals surface area (Å²) in [6.45, 7) is 0.360. The van der Waals surface area contributed by atoms with Gasteiger partial charge in [0.1, 0.15) is 12.4 Å². The summed E-state index contributed by atoms with van der Waals surface area (Å²) < 4.78 is 9.73. The number of esters is 1. The van der Waals surface area contributed by atoms with E-state index in [4.69, 9.17) is 4.74 Å². The minimum absolute atomic E-state index is 0.360. The highest BCUT2D eigenvalue weighted by molar-refractivity contribution is 5.81. The number of hydrogen-bond donors (Lipinski definition) is 0. The highest BCUT2D eigenvalue weighted by atomic mass is 16.5. The average molecular weight is 192 g/mol. The molecule has 0 N–H and O–H groups in total. The monoisotopic (exact) mass is 192 g/mol. The van der Waals surface area contributed by atoms with E-state index >= 15 is 0 Å². The van der Waals surface area contributed by atoms with Gasteiger partial charge in [0, 0.05) is 6.08 Å². The summed E-state index contributed by atoms with van der Waals surface area (Å²) in [5.41, 5.74) is 0. The lowest BCUT2D eigenvalue weighted by atomic mass is 10.3. The molecule has 0 amide bonds. The van der Waals surface area contributed by atoms with Gasteiger partial charge in [0.2, 0.25) is 0 Å². The van der Waals surface area contributed by atoms with Gasteiger partial charge in [-0.1, -0.05) is 18.2 Å². The Hall–Kier alpha value is -1.77. The maximum absolute atomic E-state index is 10.7. The fourth-order valence-corrected chi connectivity index (χ4v) is 0.873. The summed E-state index contributed by atoms with van der Waals surface area (Å²) in [6.07, 6.45) is 2.95. The van der Waals surface area contributed by atoms with Crippen LogP contribution in [0.1, 0.15) is 0 Å². The standard InChI is InChI=1S/C11H12O3/c1-13-11(12)8-5-9-14-10-6-3-2-4-7-10/h2-8H,9H2,1H3. The van der Waals surface area contributed by atoms with Crippen LogP contribution < -0.4 is 4.74 Å². The first-order chi connectivity index (χ1) is 6.83. The van der Waals surface area contributed by atoms with Crippen molar-refractivity contribution in [3.05, 3.63) is 42.5 Å². The third kappa shape index (κ3) is 3.76. The van der Waals surface area contributed by atoms with Crippen LogP contribution in [0.4, 0.5) is 0 Å². The van der Waals surface area contributed by atoms with Gasteiger partial charge in [-0.2, -0.15) is 0 Å². The molecule has 0 atom stereocenters. The minimum atomic E-state index is -0.373. The van der Waals surface area contributed by atoms with Crippen molar-refractivity contribution < 1.29 is 14.3 Å². The first-order valence-electron chi connectivity index (χ1n) is 4.25. The van der Waals surface area contributed by atoms with E-state index in [1.807, 2.05) is 30.3 Å². The van der Waals surface area contributed by atoms with Crippen LogP contribution in [0, 0.1) is 0 Å². The predicted octanol–water partition coefficient (Wildman–Crippen LogP) is 1.79. The van der Waals surface area contributed by atoms with Gasteiger partial charge >= 0.3 is 5.97 Å². The Balaban J connectivity index is 2.29. The van der Waals surface area contributed by atoms with Gasteiger partial charge in [0.05, 0.1) is 7.11 Å². The fourth-order valence-electron chi connectivity index (χ4n) is 0.873. The molecule has 0 saturated carbocycles. The van der Waals surface area contributed by atoms with Crippen LogP contribution in [0.2, 0.25) is 0 Å². The molecule has 0 aromatic heterocycles. The van der Waals surface area contributed by atoms with Gasteiger partial charge in [0.25, 0.3) is 0 Å². The summed E-state index contributed by atoms with van der Waals surface area (Å²) in [5.74, 6) is 0.406. The lowest BCUT2D eigenvalue weighted by molar-refractivity contribution is -0.134. The van der Waals surface area contributed by atoms with Gasteiger partial charge in [-0.15, -0.1) is 0 Å². The van der Waals surface area contributed by atoms with Crippen LogP contribution >= 0.6 is 0 Å². The van der Waals surface area contributed by atoms with E-state index < -0.39 is 0 Å². The number of carbonyl (C=O) groups excluding carboxylic acids is 1. The minimum Gasteiger partial charge on any atom is -0.490 e. The molecule has 0 bridgehead atoms. The first kappa shape index (κ1) is 10.3. The fraction of sp³-hybridized carbons (Fsp3) is 0.182. The largest absolute Gasteiger partial charge is 0.490 e. The van der Waals surface area contributed by atoms with Gasteiger partial charge in [-0.3, -0.25) is 0 Å². The van der Waals surface area contributed by atoms with Gasteiger partial charge in [-0.05, 0) is 18.2 Å². The summed E-state index contributed by atoms with van der Waals surface area (Å²) in [4.78, 5) is 10.7. The van der Waals surface area contributed by atoms with E-state index in [1.54, 1.807) is 6.08 Å². The van der Waals surface area contributed by atoms with E-state index in [9.17, 15) is 4.79 Å². The normalized spacial score (nSPS) is 10.1. The van der Waals surface area contributed by atoms with Crippen LogP contribution in [0.25, 0.3) is 0 Å². The number of para-hydroxylation sites is 1. The molecule has 1 rings (SSSR count). The van der Waals surface area contributed by atoms with E-state index in [0.717, 1.165) is 5.75 Å². The number of rotatable bonds is 4. The van der Waals surface area contributed by atoms with E-state index in [2.05, 4.69) is 4.74 Å². The number of methoxy groups -OCH3 is 1.